The summed E-state index contributed by atoms with van der Waals surface area (Å²) in [5.74, 6) is -0.521. The van der Waals surface area contributed by atoms with E-state index < -0.39 is 11.8 Å². The first kappa shape index (κ1) is 15.9. The number of urea groups is 1. The molecule has 0 saturated carbocycles. The molecule has 3 aromatic rings. The molecule has 1 N–H and O–H groups in total. The van der Waals surface area contributed by atoms with Crippen molar-refractivity contribution in [3.05, 3.63) is 58.9 Å². The molecule has 0 atom stereocenters. The number of halogens is 1. The molecule has 0 aliphatic carbocycles. The number of nitrogens with one attached hydrogen (secondary N) is 1. The first-order chi connectivity index (χ1) is 11.6. The largest absolute Gasteiger partial charge is 0.322 e. The van der Waals surface area contributed by atoms with Crippen molar-refractivity contribution < 1.29 is 9.18 Å². The lowest BCUT2D eigenvalue weighted by Crippen LogP contribution is -2.31. The van der Waals surface area contributed by atoms with Crippen molar-refractivity contribution >= 4 is 33.3 Å². The third-order valence-corrected chi connectivity index (χ3v) is 4.42. The lowest BCUT2D eigenvalue weighted by molar-refractivity contribution is 0.220. The number of rotatable bonds is 3. The summed E-state index contributed by atoms with van der Waals surface area (Å²) in [5, 5.41) is 12.5. The molecule has 0 radical (unpaired) electrons. The number of nitrogens with zero attached hydrogens (tertiary/aromatic N) is 3. The molecule has 1 heterocycles. The molecule has 120 valence electrons. The van der Waals surface area contributed by atoms with Gasteiger partial charge in [0.15, 0.2) is 0 Å². The second-order valence-corrected chi connectivity index (χ2v) is 6.28. The number of para-hydroxylation sites is 1. The third-order valence-electron chi connectivity index (χ3n) is 3.40. The molecule has 0 fully saturated rings. The SMILES string of the molecule is CN(Cc1nc2ccccc2s1)C(=O)Nc1ccc(F)cc1C#N. The van der Waals surface area contributed by atoms with E-state index in [9.17, 15) is 9.18 Å². The molecule has 5 nitrogen and oxygen atoms in total. The van der Waals surface area contributed by atoms with Crippen molar-refractivity contribution in [3.63, 3.8) is 0 Å². The number of carbonyl (C=O) groups excluding carboxylic acids is 1. The van der Waals surface area contributed by atoms with Crippen LogP contribution in [0.5, 0.6) is 0 Å². The Morgan fingerprint density at radius 2 is 2.17 bits per heavy atom. The van der Waals surface area contributed by atoms with Crippen LogP contribution >= 0.6 is 11.3 Å². The van der Waals surface area contributed by atoms with E-state index in [0.29, 0.717) is 6.54 Å². The maximum absolute atomic E-state index is 13.1. The number of aromatic nitrogens is 1. The highest BCUT2D eigenvalue weighted by atomic mass is 32.1. The molecule has 0 aliphatic rings. The molecule has 0 bridgehead atoms. The van der Waals surface area contributed by atoms with Gasteiger partial charge in [-0.1, -0.05) is 12.1 Å². The van der Waals surface area contributed by atoms with Gasteiger partial charge < -0.3 is 10.2 Å². The molecule has 3 rings (SSSR count). The van der Waals surface area contributed by atoms with Crippen molar-refractivity contribution in [2.24, 2.45) is 0 Å². The minimum absolute atomic E-state index is 0.0803. The van der Waals surface area contributed by atoms with Crippen molar-refractivity contribution in [1.29, 1.82) is 5.26 Å². The molecule has 0 saturated heterocycles. The Morgan fingerprint density at radius 1 is 1.38 bits per heavy atom. The number of thiazole rings is 1. The summed E-state index contributed by atoms with van der Waals surface area (Å²) in [5.41, 5.74) is 1.26. The van der Waals surface area contributed by atoms with Crippen LogP contribution in [0, 0.1) is 17.1 Å². The Kier molecular flexibility index (Phi) is 4.40. The van der Waals surface area contributed by atoms with Gasteiger partial charge >= 0.3 is 6.03 Å². The second kappa shape index (κ2) is 6.64. The van der Waals surface area contributed by atoms with Gasteiger partial charge in [0.2, 0.25) is 0 Å². The van der Waals surface area contributed by atoms with Crippen molar-refractivity contribution in [2.45, 2.75) is 6.54 Å². The van der Waals surface area contributed by atoms with Crippen LogP contribution in [0.1, 0.15) is 10.6 Å². The summed E-state index contributed by atoms with van der Waals surface area (Å²) < 4.78 is 14.2. The summed E-state index contributed by atoms with van der Waals surface area (Å²) in [6.45, 7) is 0.342. The van der Waals surface area contributed by atoms with Crippen LogP contribution in [-0.4, -0.2) is 23.0 Å². The number of fused-ring (bicyclic) bond motifs is 1. The Hall–Kier alpha value is -2.98. The molecule has 0 unspecified atom stereocenters. The number of anilines is 1. The van der Waals surface area contributed by atoms with E-state index in [1.54, 1.807) is 7.05 Å². The van der Waals surface area contributed by atoms with Gasteiger partial charge in [-0.2, -0.15) is 5.26 Å². The molecular weight excluding hydrogens is 327 g/mol. The Balaban J connectivity index is 1.72. The van der Waals surface area contributed by atoms with Crippen molar-refractivity contribution in [2.75, 3.05) is 12.4 Å². The lowest BCUT2D eigenvalue weighted by atomic mass is 10.2. The minimum Gasteiger partial charge on any atom is -0.321 e. The fraction of sp³-hybridized carbons (Fsp3) is 0.118. The molecule has 2 aromatic carbocycles. The zero-order valence-corrected chi connectivity index (χ0v) is 13.6. The van der Waals surface area contributed by atoms with E-state index in [1.807, 2.05) is 30.3 Å². The number of carbonyl (C=O) groups is 1. The van der Waals surface area contributed by atoms with E-state index >= 15 is 0 Å². The van der Waals surface area contributed by atoms with E-state index in [0.717, 1.165) is 21.3 Å². The maximum atomic E-state index is 13.1. The fourth-order valence-corrected chi connectivity index (χ4v) is 3.21. The summed E-state index contributed by atoms with van der Waals surface area (Å²) in [6.07, 6.45) is 0. The normalized spacial score (nSPS) is 10.4. The molecule has 1 aromatic heterocycles. The average Bonchev–Trinajstić information content (AvgIpc) is 2.98. The zero-order valence-electron chi connectivity index (χ0n) is 12.8. The van der Waals surface area contributed by atoms with Crippen LogP contribution < -0.4 is 5.32 Å². The quantitative estimate of drug-likeness (QED) is 0.784. The van der Waals surface area contributed by atoms with Gasteiger partial charge in [-0.25, -0.2) is 14.2 Å². The fourth-order valence-electron chi connectivity index (χ4n) is 2.19. The topological polar surface area (TPSA) is 69.0 Å². The van der Waals surface area contributed by atoms with Gasteiger partial charge in [0.1, 0.15) is 16.9 Å². The average molecular weight is 340 g/mol. The lowest BCUT2D eigenvalue weighted by Gasteiger charge is -2.17. The molecule has 0 aliphatic heterocycles. The highest BCUT2D eigenvalue weighted by molar-refractivity contribution is 7.18. The van der Waals surface area contributed by atoms with Crippen LogP contribution in [0.15, 0.2) is 42.5 Å². The molecule has 7 heteroatoms. The number of amides is 2. The zero-order chi connectivity index (χ0) is 17.1. The molecule has 2 amide bonds. The Labute approximate surface area is 142 Å². The minimum atomic E-state index is -0.521. The Bertz CT molecular complexity index is 914. The molecule has 24 heavy (non-hydrogen) atoms. The van der Waals surface area contributed by atoms with Crippen molar-refractivity contribution in [3.8, 4) is 6.07 Å². The number of hydrogen-bond acceptors (Lipinski definition) is 4. The van der Waals surface area contributed by atoms with Crippen LogP contribution in [0.25, 0.3) is 10.2 Å². The first-order valence-electron chi connectivity index (χ1n) is 7.13. The van der Waals surface area contributed by atoms with E-state index in [4.69, 9.17) is 5.26 Å². The van der Waals surface area contributed by atoms with Gasteiger partial charge in [0.05, 0.1) is 28.0 Å². The molecule has 0 spiro atoms. The second-order valence-electron chi connectivity index (χ2n) is 5.16. The Morgan fingerprint density at radius 3 is 2.92 bits per heavy atom. The summed E-state index contributed by atoms with van der Waals surface area (Å²) in [4.78, 5) is 18.2. The molecular formula is C17H13FN4OS. The number of nitriles is 1. The number of hydrogen-bond donors (Lipinski definition) is 1. The number of benzene rings is 2. The van der Waals surface area contributed by atoms with E-state index in [-0.39, 0.29) is 11.3 Å². The van der Waals surface area contributed by atoms with Crippen molar-refractivity contribution in [1.82, 2.24) is 9.88 Å². The summed E-state index contributed by atoms with van der Waals surface area (Å²) in [6, 6.07) is 12.9. The maximum Gasteiger partial charge on any atom is 0.322 e. The highest BCUT2D eigenvalue weighted by Crippen LogP contribution is 2.23. The van der Waals surface area contributed by atoms with E-state index in [1.165, 1.54) is 28.4 Å². The van der Waals surface area contributed by atoms with Gasteiger partial charge in [-0.15, -0.1) is 11.3 Å². The summed E-state index contributed by atoms with van der Waals surface area (Å²) in [7, 11) is 1.64. The smallest absolute Gasteiger partial charge is 0.321 e. The van der Waals surface area contributed by atoms with Crippen LogP contribution in [0.2, 0.25) is 0 Å². The van der Waals surface area contributed by atoms with Gasteiger partial charge in [0.25, 0.3) is 0 Å². The van der Waals surface area contributed by atoms with Gasteiger partial charge in [-0.05, 0) is 30.3 Å². The third kappa shape index (κ3) is 3.34. The predicted molar refractivity (Wildman–Crippen MR) is 91.2 cm³/mol. The van der Waals surface area contributed by atoms with Crippen LogP contribution in [0.4, 0.5) is 14.9 Å². The standard InChI is InChI=1S/C17H13FN4OS/c1-22(10-16-20-14-4-2-3-5-15(14)24-16)17(23)21-13-7-6-12(18)8-11(13)9-19/h2-8H,10H2,1H3,(H,21,23). The highest BCUT2D eigenvalue weighted by Gasteiger charge is 2.14. The monoisotopic (exact) mass is 340 g/mol. The van der Waals surface area contributed by atoms with Crippen LogP contribution in [0.3, 0.4) is 0 Å². The van der Waals surface area contributed by atoms with Gasteiger partial charge in [0, 0.05) is 7.05 Å². The summed E-state index contributed by atoms with van der Waals surface area (Å²) >= 11 is 1.52. The van der Waals surface area contributed by atoms with Gasteiger partial charge in [-0.3, -0.25) is 0 Å². The van der Waals surface area contributed by atoms with Crippen LogP contribution in [-0.2, 0) is 6.54 Å². The van der Waals surface area contributed by atoms with E-state index in [2.05, 4.69) is 10.3 Å². The first-order valence-corrected chi connectivity index (χ1v) is 7.94. The predicted octanol–water partition coefficient (Wildman–Crippen LogP) is 3.97.